The van der Waals surface area contributed by atoms with Crippen LogP contribution < -0.4 is 5.32 Å². The van der Waals surface area contributed by atoms with Crippen molar-refractivity contribution in [3.05, 3.63) is 0 Å². The lowest BCUT2D eigenvalue weighted by atomic mass is 9.91. The summed E-state index contributed by atoms with van der Waals surface area (Å²) in [5.41, 5.74) is -0.365. The lowest BCUT2D eigenvalue weighted by Crippen LogP contribution is -2.64. The van der Waals surface area contributed by atoms with Gasteiger partial charge in [0.25, 0.3) is 0 Å². The molecule has 1 rings (SSSR count). The van der Waals surface area contributed by atoms with Gasteiger partial charge >= 0.3 is 0 Å². The number of thiocarbonyl (C=S) groups is 1. The Kier molecular flexibility index (Phi) is 3.07. The minimum Gasteiger partial charge on any atom is -0.369 e. The van der Waals surface area contributed by atoms with E-state index in [2.05, 4.69) is 10.4 Å². The lowest BCUT2D eigenvalue weighted by molar-refractivity contribution is -0.0877. The first-order valence-electron chi connectivity index (χ1n) is 5.01. The molecule has 4 nitrogen and oxygen atoms in total. The number of hydrazone groups is 1. The molecule has 0 radical (unpaired) electrons. The summed E-state index contributed by atoms with van der Waals surface area (Å²) in [4.78, 5) is 0. The van der Waals surface area contributed by atoms with Gasteiger partial charge in [-0.2, -0.15) is 5.10 Å². The van der Waals surface area contributed by atoms with Crippen molar-refractivity contribution < 1.29 is 5.11 Å². The molecule has 1 heterocycles. The highest BCUT2D eigenvalue weighted by atomic mass is 32.1. The quantitative estimate of drug-likeness (QED) is 0.528. The normalized spacial score (nSPS) is 29.7. The Balaban J connectivity index is 2.99. The molecule has 15 heavy (non-hydrogen) atoms. The van der Waals surface area contributed by atoms with Crippen LogP contribution in [-0.4, -0.2) is 32.2 Å². The van der Waals surface area contributed by atoms with Gasteiger partial charge in [-0.15, -0.1) is 0 Å². The summed E-state index contributed by atoms with van der Waals surface area (Å²) in [6.45, 7) is 9.49. The second-order valence-electron chi connectivity index (χ2n) is 5.07. The van der Waals surface area contributed by atoms with E-state index in [1.807, 2.05) is 27.7 Å². The molecule has 0 aromatic carbocycles. The molecule has 0 aromatic rings. The second-order valence-corrected chi connectivity index (χ2v) is 5.45. The fourth-order valence-corrected chi connectivity index (χ4v) is 2.38. The van der Waals surface area contributed by atoms with Gasteiger partial charge in [-0.05, 0) is 46.8 Å². The summed E-state index contributed by atoms with van der Waals surface area (Å²) >= 11 is 5.19. The Morgan fingerprint density at radius 3 is 2.40 bits per heavy atom. The number of nitrogens with one attached hydrogen (secondary N) is 1. The van der Waals surface area contributed by atoms with Crippen LogP contribution in [-0.2, 0) is 0 Å². The molecule has 1 fully saturated rings. The van der Waals surface area contributed by atoms with Crippen molar-refractivity contribution in [2.24, 2.45) is 5.10 Å². The summed E-state index contributed by atoms with van der Waals surface area (Å²) in [7, 11) is 0. The molecular weight excluding hydrogens is 210 g/mol. The summed E-state index contributed by atoms with van der Waals surface area (Å²) < 4.78 is 0. The van der Waals surface area contributed by atoms with Crippen molar-refractivity contribution in [3.8, 4) is 0 Å². The third-order valence-electron chi connectivity index (χ3n) is 2.17. The van der Waals surface area contributed by atoms with Crippen molar-refractivity contribution in [2.75, 3.05) is 0 Å². The lowest BCUT2D eigenvalue weighted by Gasteiger charge is -2.47. The third-order valence-corrected chi connectivity index (χ3v) is 2.45. The van der Waals surface area contributed by atoms with E-state index < -0.39 is 5.72 Å². The Hall–Kier alpha value is -0.680. The predicted octanol–water partition coefficient (Wildman–Crippen LogP) is 1.45. The maximum Gasteiger partial charge on any atom is 0.192 e. The standard InChI is InChI=1S/C10H19N3OS/c1-7(2)12-13-8(15)11-9(3,4)6-10(13,5)14/h14H,6H2,1-5H3,(H,11,15)/t10-/m1/s1. The first kappa shape index (κ1) is 12.4. The van der Waals surface area contributed by atoms with Gasteiger partial charge in [0, 0.05) is 17.7 Å². The van der Waals surface area contributed by atoms with Crippen LogP contribution in [0.15, 0.2) is 5.10 Å². The zero-order valence-corrected chi connectivity index (χ0v) is 10.8. The number of hydrogen-bond donors (Lipinski definition) is 2. The molecule has 0 amide bonds. The molecule has 0 unspecified atom stereocenters. The monoisotopic (exact) mass is 229 g/mol. The van der Waals surface area contributed by atoms with Crippen LogP contribution in [0.2, 0.25) is 0 Å². The molecular formula is C10H19N3OS. The van der Waals surface area contributed by atoms with Crippen LogP contribution in [0.25, 0.3) is 0 Å². The molecule has 0 spiro atoms. The van der Waals surface area contributed by atoms with E-state index in [-0.39, 0.29) is 5.54 Å². The van der Waals surface area contributed by atoms with E-state index in [4.69, 9.17) is 12.2 Å². The van der Waals surface area contributed by atoms with Gasteiger partial charge < -0.3 is 10.4 Å². The van der Waals surface area contributed by atoms with Gasteiger partial charge in [0.2, 0.25) is 0 Å². The maximum atomic E-state index is 10.3. The third kappa shape index (κ3) is 2.89. The number of nitrogens with zero attached hydrogens (tertiary/aromatic N) is 2. The van der Waals surface area contributed by atoms with E-state index in [1.165, 1.54) is 5.01 Å². The van der Waals surface area contributed by atoms with Crippen molar-refractivity contribution in [2.45, 2.75) is 52.3 Å². The van der Waals surface area contributed by atoms with E-state index in [1.54, 1.807) is 6.92 Å². The minimum absolute atomic E-state index is 0.200. The average molecular weight is 229 g/mol. The zero-order valence-electron chi connectivity index (χ0n) is 9.96. The van der Waals surface area contributed by atoms with E-state index in [9.17, 15) is 5.11 Å². The van der Waals surface area contributed by atoms with Crippen LogP contribution in [0.5, 0.6) is 0 Å². The Morgan fingerprint density at radius 2 is 2.00 bits per heavy atom. The summed E-state index contributed by atoms with van der Waals surface area (Å²) in [5, 5.41) is 19.6. The smallest absolute Gasteiger partial charge is 0.192 e. The molecule has 0 bridgehead atoms. The Bertz CT molecular complexity index is 306. The van der Waals surface area contributed by atoms with Crippen molar-refractivity contribution in [1.82, 2.24) is 10.3 Å². The van der Waals surface area contributed by atoms with Crippen LogP contribution in [0, 0.1) is 0 Å². The molecule has 0 saturated carbocycles. The van der Waals surface area contributed by atoms with Gasteiger partial charge in [0.1, 0.15) is 0 Å². The number of rotatable bonds is 1. The molecule has 5 heteroatoms. The zero-order chi connectivity index (χ0) is 11.9. The average Bonchev–Trinajstić information content (AvgIpc) is 1.93. The number of aliphatic hydroxyl groups is 1. The molecule has 0 aromatic heterocycles. The van der Waals surface area contributed by atoms with Gasteiger partial charge in [-0.3, -0.25) is 0 Å². The second kappa shape index (κ2) is 3.72. The Labute approximate surface area is 96.3 Å². The summed E-state index contributed by atoms with van der Waals surface area (Å²) in [5.74, 6) is 0. The molecule has 86 valence electrons. The largest absolute Gasteiger partial charge is 0.369 e. The molecule has 1 saturated heterocycles. The fraction of sp³-hybridized carbons (Fsp3) is 0.800. The molecule has 2 N–H and O–H groups in total. The molecule has 1 aliphatic heterocycles. The topological polar surface area (TPSA) is 47.9 Å². The van der Waals surface area contributed by atoms with E-state index in [0.717, 1.165) is 5.71 Å². The number of hydrogen-bond acceptors (Lipinski definition) is 3. The Morgan fingerprint density at radius 1 is 1.47 bits per heavy atom. The van der Waals surface area contributed by atoms with E-state index >= 15 is 0 Å². The maximum absolute atomic E-state index is 10.3. The molecule has 1 aliphatic rings. The summed E-state index contributed by atoms with van der Waals surface area (Å²) in [6.07, 6.45) is 0.566. The first-order chi connectivity index (χ1) is 6.64. The summed E-state index contributed by atoms with van der Waals surface area (Å²) in [6, 6.07) is 0. The molecule has 0 aliphatic carbocycles. The van der Waals surface area contributed by atoms with Crippen LogP contribution in [0.1, 0.15) is 41.0 Å². The highest BCUT2D eigenvalue weighted by Gasteiger charge is 2.43. The molecule has 1 atom stereocenters. The van der Waals surface area contributed by atoms with Gasteiger partial charge in [0.15, 0.2) is 10.8 Å². The van der Waals surface area contributed by atoms with Gasteiger partial charge in [-0.25, -0.2) is 5.01 Å². The van der Waals surface area contributed by atoms with Crippen LogP contribution >= 0.6 is 12.2 Å². The first-order valence-corrected chi connectivity index (χ1v) is 5.41. The van der Waals surface area contributed by atoms with Crippen LogP contribution in [0.3, 0.4) is 0 Å². The van der Waals surface area contributed by atoms with Crippen LogP contribution in [0.4, 0.5) is 0 Å². The van der Waals surface area contributed by atoms with Gasteiger partial charge in [0.05, 0.1) is 0 Å². The van der Waals surface area contributed by atoms with E-state index in [0.29, 0.717) is 11.5 Å². The highest BCUT2D eigenvalue weighted by molar-refractivity contribution is 7.80. The van der Waals surface area contributed by atoms with Crippen molar-refractivity contribution in [3.63, 3.8) is 0 Å². The van der Waals surface area contributed by atoms with Crippen molar-refractivity contribution >= 4 is 23.0 Å². The van der Waals surface area contributed by atoms with Crippen molar-refractivity contribution in [1.29, 1.82) is 0 Å². The predicted molar refractivity (Wildman–Crippen MR) is 65.7 cm³/mol. The minimum atomic E-state index is -1.02. The SMILES string of the molecule is CC(C)=NN1C(=S)NC(C)(C)C[C@@]1(C)O. The van der Waals surface area contributed by atoms with Gasteiger partial charge in [-0.1, -0.05) is 0 Å². The highest BCUT2D eigenvalue weighted by Crippen LogP contribution is 2.29. The fourth-order valence-electron chi connectivity index (χ4n) is 1.87.